The minimum atomic E-state index is -0.333. The Balaban J connectivity index is 2.29. The molecule has 1 aromatic carbocycles. The predicted octanol–water partition coefficient (Wildman–Crippen LogP) is 2.91. The number of nitrogens with one attached hydrogen (secondary N) is 1. The van der Waals surface area contributed by atoms with Gasteiger partial charge in [-0.2, -0.15) is 5.10 Å². The number of rotatable bonds is 4. The molecule has 1 N–H and O–H groups in total. The van der Waals surface area contributed by atoms with Crippen LogP contribution in [0.5, 0.6) is 0 Å². The molecule has 0 atom stereocenters. The van der Waals surface area contributed by atoms with E-state index in [2.05, 4.69) is 16.3 Å². The molecule has 21 heavy (non-hydrogen) atoms. The number of nitrogens with zero attached hydrogens (tertiary/aromatic N) is 2. The summed E-state index contributed by atoms with van der Waals surface area (Å²) < 4.78 is 1.54. The highest BCUT2D eigenvalue weighted by atomic mass is 35.5. The van der Waals surface area contributed by atoms with Gasteiger partial charge in [0.25, 0.3) is 5.91 Å². The van der Waals surface area contributed by atoms with E-state index in [1.807, 2.05) is 18.2 Å². The van der Waals surface area contributed by atoms with Gasteiger partial charge in [0.05, 0.1) is 24.3 Å². The molecule has 0 aliphatic heterocycles. The van der Waals surface area contributed by atoms with E-state index in [9.17, 15) is 4.79 Å². The van der Waals surface area contributed by atoms with Crippen LogP contribution in [0, 0.1) is 19.3 Å². The number of terminal acetylenes is 1. The number of amides is 1. The van der Waals surface area contributed by atoms with Crippen LogP contribution in [0.4, 0.5) is 0 Å². The number of hydrogen-bond donors (Lipinski definition) is 1. The molecular weight excluding hydrogens is 309 g/mol. The zero-order valence-corrected chi connectivity index (χ0v) is 12.9. The van der Waals surface area contributed by atoms with Crippen molar-refractivity contribution in [1.82, 2.24) is 15.1 Å². The summed E-state index contributed by atoms with van der Waals surface area (Å²) in [5, 5.41) is 7.76. The Morgan fingerprint density at radius 2 is 2.14 bits per heavy atom. The maximum absolute atomic E-state index is 12.0. The maximum Gasteiger partial charge on any atom is 0.257 e. The minimum Gasteiger partial charge on any atom is -0.341 e. The predicted molar refractivity (Wildman–Crippen MR) is 83.7 cm³/mol. The average molecular weight is 322 g/mol. The first-order valence-electron chi connectivity index (χ1n) is 6.22. The lowest BCUT2D eigenvalue weighted by Gasteiger charge is -2.06. The third kappa shape index (κ3) is 3.38. The van der Waals surface area contributed by atoms with Gasteiger partial charge in [0.2, 0.25) is 0 Å². The second-order valence-corrected chi connectivity index (χ2v) is 5.15. The summed E-state index contributed by atoms with van der Waals surface area (Å²) in [6.45, 7) is 2.26. The van der Waals surface area contributed by atoms with Crippen molar-refractivity contribution < 1.29 is 4.79 Å². The van der Waals surface area contributed by atoms with E-state index in [0.717, 1.165) is 5.56 Å². The number of halogens is 2. The van der Waals surface area contributed by atoms with Crippen molar-refractivity contribution in [1.29, 1.82) is 0 Å². The van der Waals surface area contributed by atoms with Crippen LogP contribution in [0.3, 0.4) is 0 Å². The molecule has 6 heteroatoms. The summed E-state index contributed by atoms with van der Waals surface area (Å²) in [5.74, 6) is 2.01. The van der Waals surface area contributed by atoms with Gasteiger partial charge in [-0.05, 0) is 18.6 Å². The Morgan fingerprint density at radius 3 is 2.81 bits per heavy atom. The maximum atomic E-state index is 12.0. The lowest BCUT2D eigenvalue weighted by Crippen LogP contribution is -2.24. The molecule has 1 aromatic heterocycles. The standard InChI is InChI=1S/C15H13Cl2N3O/c1-3-8-18-15(21)13-10(2)19-20(14(13)17)9-11-6-4-5-7-12(11)16/h1,4-7H,8-9H2,2H3,(H,18,21). The Kier molecular flexibility index (Phi) is 4.89. The van der Waals surface area contributed by atoms with Crippen molar-refractivity contribution in [2.45, 2.75) is 13.5 Å². The smallest absolute Gasteiger partial charge is 0.257 e. The summed E-state index contributed by atoms with van der Waals surface area (Å²) in [7, 11) is 0. The van der Waals surface area contributed by atoms with Gasteiger partial charge in [0.15, 0.2) is 0 Å². The van der Waals surface area contributed by atoms with Gasteiger partial charge in [-0.3, -0.25) is 4.79 Å². The summed E-state index contributed by atoms with van der Waals surface area (Å²) in [5.41, 5.74) is 1.75. The van der Waals surface area contributed by atoms with Crippen LogP contribution in [-0.2, 0) is 6.54 Å². The first-order valence-corrected chi connectivity index (χ1v) is 6.98. The quantitative estimate of drug-likeness (QED) is 0.880. The molecule has 0 aliphatic rings. The highest BCUT2D eigenvalue weighted by Gasteiger charge is 2.20. The van der Waals surface area contributed by atoms with Gasteiger partial charge in [-0.15, -0.1) is 6.42 Å². The molecule has 1 heterocycles. The van der Waals surface area contributed by atoms with Crippen molar-refractivity contribution in [2.75, 3.05) is 6.54 Å². The van der Waals surface area contributed by atoms with E-state index in [0.29, 0.717) is 22.8 Å². The summed E-state index contributed by atoms with van der Waals surface area (Å²) in [6.07, 6.45) is 5.12. The lowest BCUT2D eigenvalue weighted by molar-refractivity contribution is 0.0958. The van der Waals surface area contributed by atoms with Gasteiger partial charge >= 0.3 is 0 Å². The molecule has 2 aromatic rings. The highest BCUT2D eigenvalue weighted by Crippen LogP contribution is 2.23. The zero-order valence-electron chi connectivity index (χ0n) is 11.4. The molecule has 0 fully saturated rings. The number of benzene rings is 1. The Morgan fingerprint density at radius 1 is 1.43 bits per heavy atom. The summed E-state index contributed by atoms with van der Waals surface area (Å²) in [4.78, 5) is 12.0. The van der Waals surface area contributed by atoms with E-state index in [1.165, 1.54) is 0 Å². The minimum absolute atomic E-state index is 0.143. The monoisotopic (exact) mass is 321 g/mol. The number of carbonyl (C=O) groups excluding carboxylic acids is 1. The topological polar surface area (TPSA) is 46.9 Å². The van der Waals surface area contributed by atoms with Gasteiger partial charge in [0.1, 0.15) is 5.15 Å². The van der Waals surface area contributed by atoms with Gasteiger partial charge in [-0.1, -0.05) is 47.3 Å². The van der Waals surface area contributed by atoms with Crippen LogP contribution in [0.2, 0.25) is 10.2 Å². The average Bonchev–Trinajstić information content (AvgIpc) is 2.73. The second-order valence-electron chi connectivity index (χ2n) is 4.39. The zero-order chi connectivity index (χ0) is 15.4. The molecule has 0 spiro atoms. The van der Waals surface area contributed by atoms with E-state index in [1.54, 1.807) is 17.7 Å². The van der Waals surface area contributed by atoms with E-state index >= 15 is 0 Å². The molecule has 0 aliphatic carbocycles. The van der Waals surface area contributed by atoms with Crippen LogP contribution in [-0.4, -0.2) is 22.2 Å². The summed E-state index contributed by atoms with van der Waals surface area (Å²) >= 11 is 12.4. The first kappa shape index (κ1) is 15.4. The second kappa shape index (κ2) is 6.66. The molecule has 1 amide bonds. The molecule has 0 radical (unpaired) electrons. The fraction of sp³-hybridized carbons (Fsp3) is 0.200. The van der Waals surface area contributed by atoms with Crippen LogP contribution >= 0.6 is 23.2 Å². The highest BCUT2D eigenvalue weighted by molar-refractivity contribution is 6.33. The van der Waals surface area contributed by atoms with E-state index in [-0.39, 0.29) is 17.6 Å². The Bertz CT molecular complexity index is 716. The van der Waals surface area contributed by atoms with Gasteiger partial charge < -0.3 is 5.32 Å². The SMILES string of the molecule is C#CCNC(=O)c1c(C)nn(Cc2ccccc2Cl)c1Cl. The number of aryl methyl sites for hydroxylation is 1. The Hall–Kier alpha value is -1.96. The molecule has 0 saturated carbocycles. The Labute approximate surface area is 133 Å². The normalized spacial score (nSPS) is 10.2. The summed E-state index contributed by atoms with van der Waals surface area (Å²) in [6, 6.07) is 7.40. The molecular formula is C15H13Cl2N3O. The first-order chi connectivity index (χ1) is 10.0. The molecule has 4 nitrogen and oxygen atoms in total. The number of hydrogen-bond acceptors (Lipinski definition) is 2. The van der Waals surface area contributed by atoms with Crippen LogP contribution in [0.25, 0.3) is 0 Å². The fourth-order valence-corrected chi connectivity index (χ4v) is 2.44. The fourth-order valence-electron chi connectivity index (χ4n) is 1.92. The van der Waals surface area contributed by atoms with Crippen molar-refractivity contribution in [3.63, 3.8) is 0 Å². The van der Waals surface area contributed by atoms with E-state index < -0.39 is 0 Å². The van der Waals surface area contributed by atoms with Crippen molar-refractivity contribution in [3.8, 4) is 12.3 Å². The molecule has 2 rings (SSSR count). The number of carbonyl (C=O) groups is 1. The van der Waals surface area contributed by atoms with Crippen LogP contribution in [0.15, 0.2) is 24.3 Å². The van der Waals surface area contributed by atoms with Crippen molar-refractivity contribution in [3.05, 3.63) is 51.3 Å². The molecule has 0 bridgehead atoms. The third-order valence-corrected chi connectivity index (χ3v) is 3.67. The van der Waals surface area contributed by atoms with Crippen LogP contribution < -0.4 is 5.32 Å². The van der Waals surface area contributed by atoms with Crippen molar-refractivity contribution >= 4 is 29.1 Å². The third-order valence-electron chi connectivity index (χ3n) is 2.92. The van der Waals surface area contributed by atoms with Gasteiger partial charge in [-0.25, -0.2) is 4.68 Å². The van der Waals surface area contributed by atoms with Crippen LogP contribution in [0.1, 0.15) is 21.6 Å². The molecule has 0 unspecified atom stereocenters. The largest absolute Gasteiger partial charge is 0.341 e. The van der Waals surface area contributed by atoms with Gasteiger partial charge in [0, 0.05) is 5.02 Å². The molecule has 0 saturated heterocycles. The van der Waals surface area contributed by atoms with E-state index in [4.69, 9.17) is 29.6 Å². The lowest BCUT2D eigenvalue weighted by atomic mass is 10.2. The number of aromatic nitrogens is 2. The van der Waals surface area contributed by atoms with Crippen molar-refractivity contribution in [2.24, 2.45) is 0 Å². The molecule has 108 valence electrons.